The number of sulfonamides is 1. The molecule has 0 saturated carbocycles. The van der Waals surface area contributed by atoms with Crippen molar-refractivity contribution in [1.29, 1.82) is 0 Å². The van der Waals surface area contributed by atoms with Crippen LogP contribution in [0.25, 0.3) is 0 Å². The number of carbonyl (C=O) groups excluding carboxylic acids is 1. The molecule has 1 aliphatic rings. The van der Waals surface area contributed by atoms with Crippen LogP contribution in [0.3, 0.4) is 0 Å². The van der Waals surface area contributed by atoms with Crippen LogP contribution in [0.4, 0.5) is 0 Å². The predicted molar refractivity (Wildman–Crippen MR) is 111 cm³/mol. The quantitative estimate of drug-likeness (QED) is 0.579. The van der Waals surface area contributed by atoms with E-state index in [4.69, 9.17) is 4.74 Å². The minimum atomic E-state index is -3.57. The summed E-state index contributed by atoms with van der Waals surface area (Å²) in [5.41, 5.74) is 1.44. The molecule has 2 aromatic rings. The van der Waals surface area contributed by atoms with Gasteiger partial charge in [0.15, 0.2) is 0 Å². The predicted octanol–water partition coefficient (Wildman–Crippen LogP) is 1.40. The lowest BCUT2D eigenvalue weighted by Gasteiger charge is -2.36. The molecule has 1 fully saturated rings. The number of aryl methyl sites for hydroxylation is 1. The molecule has 0 aliphatic carbocycles. The van der Waals surface area contributed by atoms with E-state index < -0.39 is 16.1 Å². The van der Waals surface area contributed by atoms with Crippen molar-refractivity contribution in [3.05, 3.63) is 59.9 Å². The molecule has 3 rings (SSSR count). The zero-order chi connectivity index (χ0) is 21.6. The number of benzene rings is 1. The monoisotopic (exact) mass is 433 g/mol. The molecule has 0 spiro atoms. The van der Waals surface area contributed by atoms with Gasteiger partial charge in [0.25, 0.3) is 5.91 Å². The number of aromatic nitrogens is 1. The van der Waals surface area contributed by atoms with Crippen molar-refractivity contribution in [1.82, 2.24) is 15.0 Å². The first kappa shape index (κ1) is 22.4. The molecule has 0 radical (unpaired) electrons. The van der Waals surface area contributed by atoms with Crippen molar-refractivity contribution >= 4 is 15.9 Å². The number of hydrogen-bond acceptors (Lipinski definition) is 6. The minimum Gasteiger partial charge on any atom is -0.394 e. The van der Waals surface area contributed by atoms with E-state index in [9.17, 15) is 18.3 Å². The molecular weight excluding hydrogens is 406 g/mol. The van der Waals surface area contributed by atoms with E-state index in [0.29, 0.717) is 24.8 Å². The summed E-state index contributed by atoms with van der Waals surface area (Å²) in [4.78, 5) is 16.5. The van der Waals surface area contributed by atoms with Crippen LogP contribution in [0.5, 0.6) is 0 Å². The topological polar surface area (TPSA) is 118 Å². The maximum absolute atomic E-state index is 12.4. The SMILES string of the molecule is Cc1ccc(S(=O)(=O)NCC[C@@H]2CC[C@H](NC(=O)c3cccnc3)[C@H](CO)O2)cc1. The van der Waals surface area contributed by atoms with Gasteiger partial charge in [-0.1, -0.05) is 17.7 Å². The zero-order valence-corrected chi connectivity index (χ0v) is 17.6. The van der Waals surface area contributed by atoms with E-state index in [1.54, 1.807) is 42.6 Å². The Balaban J connectivity index is 1.49. The fourth-order valence-electron chi connectivity index (χ4n) is 3.41. The van der Waals surface area contributed by atoms with Crippen LogP contribution in [0.2, 0.25) is 0 Å². The van der Waals surface area contributed by atoms with Gasteiger partial charge in [-0.2, -0.15) is 0 Å². The van der Waals surface area contributed by atoms with Crippen LogP contribution in [-0.4, -0.2) is 55.8 Å². The number of pyridine rings is 1. The molecule has 1 aliphatic heterocycles. The van der Waals surface area contributed by atoms with Crippen molar-refractivity contribution in [2.24, 2.45) is 0 Å². The zero-order valence-electron chi connectivity index (χ0n) is 16.8. The van der Waals surface area contributed by atoms with Crippen molar-refractivity contribution in [2.45, 2.75) is 49.3 Å². The summed E-state index contributed by atoms with van der Waals surface area (Å²) in [6.45, 7) is 1.89. The average molecular weight is 434 g/mol. The Kier molecular flexibility index (Phi) is 7.54. The molecule has 3 N–H and O–H groups in total. The number of rotatable bonds is 8. The Morgan fingerprint density at radius 2 is 2.00 bits per heavy atom. The van der Waals surface area contributed by atoms with E-state index in [1.807, 2.05) is 6.92 Å². The van der Waals surface area contributed by atoms with Gasteiger partial charge in [-0.15, -0.1) is 0 Å². The molecule has 1 aromatic heterocycles. The Morgan fingerprint density at radius 3 is 2.67 bits per heavy atom. The number of amides is 1. The van der Waals surface area contributed by atoms with Gasteiger partial charge in [-0.05, 0) is 50.5 Å². The molecule has 1 saturated heterocycles. The number of hydrogen-bond donors (Lipinski definition) is 3. The Labute approximate surface area is 176 Å². The van der Waals surface area contributed by atoms with Gasteiger partial charge in [-0.3, -0.25) is 9.78 Å². The molecule has 2 heterocycles. The van der Waals surface area contributed by atoms with Gasteiger partial charge in [0.2, 0.25) is 10.0 Å². The van der Waals surface area contributed by atoms with E-state index in [0.717, 1.165) is 5.56 Å². The second-order valence-electron chi connectivity index (χ2n) is 7.38. The molecule has 8 nitrogen and oxygen atoms in total. The molecule has 162 valence electrons. The molecular formula is C21H27N3O5S. The summed E-state index contributed by atoms with van der Waals surface area (Å²) < 4.78 is 33.2. The first-order chi connectivity index (χ1) is 14.4. The molecule has 30 heavy (non-hydrogen) atoms. The van der Waals surface area contributed by atoms with Crippen LogP contribution in [0.15, 0.2) is 53.7 Å². The van der Waals surface area contributed by atoms with Gasteiger partial charge in [0.05, 0.1) is 29.2 Å². The number of ether oxygens (including phenoxy) is 1. The molecule has 9 heteroatoms. The Morgan fingerprint density at radius 1 is 1.23 bits per heavy atom. The highest BCUT2D eigenvalue weighted by atomic mass is 32.2. The maximum atomic E-state index is 12.4. The third kappa shape index (κ3) is 5.85. The van der Waals surface area contributed by atoms with Gasteiger partial charge < -0.3 is 15.2 Å². The second-order valence-corrected chi connectivity index (χ2v) is 9.14. The lowest BCUT2D eigenvalue weighted by atomic mass is 9.97. The van der Waals surface area contributed by atoms with Gasteiger partial charge in [-0.25, -0.2) is 13.1 Å². The van der Waals surface area contributed by atoms with Crippen LogP contribution < -0.4 is 10.0 Å². The fraction of sp³-hybridized carbons (Fsp3) is 0.429. The number of carbonyl (C=O) groups is 1. The first-order valence-electron chi connectivity index (χ1n) is 9.92. The summed E-state index contributed by atoms with van der Waals surface area (Å²) in [6, 6.07) is 9.70. The van der Waals surface area contributed by atoms with E-state index >= 15 is 0 Å². The number of nitrogens with zero attached hydrogens (tertiary/aromatic N) is 1. The summed E-state index contributed by atoms with van der Waals surface area (Å²) in [5, 5.41) is 12.6. The number of aliphatic hydroxyl groups is 1. The van der Waals surface area contributed by atoms with Crippen molar-refractivity contribution < 1.29 is 23.1 Å². The first-order valence-corrected chi connectivity index (χ1v) is 11.4. The highest BCUT2D eigenvalue weighted by molar-refractivity contribution is 7.89. The normalized spacial score (nSPS) is 21.9. The van der Waals surface area contributed by atoms with Gasteiger partial charge >= 0.3 is 0 Å². The standard InChI is InChI=1S/C21H27N3O5S/c1-15-4-7-18(8-5-15)30(27,28)23-12-10-17-6-9-19(20(14-25)29-17)24-21(26)16-3-2-11-22-13-16/h2-5,7-8,11,13,17,19-20,23,25H,6,9-10,12,14H2,1H3,(H,24,26)/t17-,19-,20-/m0/s1. The Bertz CT molecular complexity index is 935. The van der Waals surface area contributed by atoms with Crippen molar-refractivity contribution in [2.75, 3.05) is 13.2 Å². The number of nitrogens with one attached hydrogen (secondary N) is 2. The van der Waals surface area contributed by atoms with E-state index in [-0.39, 0.29) is 36.1 Å². The van der Waals surface area contributed by atoms with Crippen LogP contribution in [-0.2, 0) is 14.8 Å². The lowest BCUT2D eigenvalue weighted by molar-refractivity contribution is -0.0891. The molecule has 0 bridgehead atoms. The summed E-state index contributed by atoms with van der Waals surface area (Å²) in [5.74, 6) is -0.264. The highest BCUT2D eigenvalue weighted by Crippen LogP contribution is 2.22. The van der Waals surface area contributed by atoms with Gasteiger partial charge in [0.1, 0.15) is 6.10 Å². The lowest BCUT2D eigenvalue weighted by Crippen LogP contribution is -2.51. The summed E-state index contributed by atoms with van der Waals surface area (Å²) >= 11 is 0. The molecule has 1 aromatic carbocycles. The average Bonchev–Trinajstić information content (AvgIpc) is 2.75. The van der Waals surface area contributed by atoms with Crippen LogP contribution in [0, 0.1) is 6.92 Å². The smallest absolute Gasteiger partial charge is 0.253 e. The molecule has 3 atom stereocenters. The van der Waals surface area contributed by atoms with Crippen molar-refractivity contribution in [3.63, 3.8) is 0 Å². The fourth-order valence-corrected chi connectivity index (χ4v) is 4.46. The number of aliphatic hydroxyl groups excluding tert-OH is 1. The van der Waals surface area contributed by atoms with Crippen molar-refractivity contribution in [3.8, 4) is 0 Å². The minimum absolute atomic E-state index is 0.200. The molecule has 1 amide bonds. The second kappa shape index (κ2) is 10.1. The van der Waals surface area contributed by atoms with Gasteiger partial charge in [0, 0.05) is 18.9 Å². The van der Waals surface area contributed by atoms with Crippen LogP contribution >= 0.6 is 0 Å². The maximum Gasteiger partial charge on any atom is 0.253 e. The summed E-state index contributed by atoms with van der Waals surface area (Å²) in [6.07, 6.45) is 4.09. The largest absolute Gasteiger partial charge is 0.394 e. The van der Waals surface area contributed by atoms with E-state index in [2.05, 4.69) is 15.0 Å². The highest BCUT2D eigenvalue weighted by Gasteiger charge is 2.32. The third-order valence-electron chi connectivity index (χ3n) is 5.13. The summed E-state index contributed by atoms with van der Waals surface area (Å²) in [7, 11) is -3.57. The molecule has 0 unspecified atom stereocenters. The third-order valence-corrected chi connectivity index (χ3v) is 6.60. The Hall–Kier alpha value is -2.33. The van der Waals surface area contributed by atoms with Crippen LogP contribution in [0.1, 0.15) is 35.2 Å². The van der Waals surface area contributed by atoms with E-state index in [1.165, 1.54) is 6.20 Å².